The Kier molecular flexibility index (Phi) is 5.57. The number of anilines is 1. The van der Waals surface area contributed by atoms with E-state index in [9.17, 15) is 14.7 Å². The molecule has 0 bridgehead atoms. The Balaban J connectivity index is 1.51. The number of ether oxygens (including phenoxy) is 2. The predicted molar refractivity (Wildman–Crippen MR) is 124 cm³/mol. The average Bonchev–Trinajstić information content (AvgIpc) is 3.14. The fourth-order valence-electron chi connectivity index (χ4n) is 4.33. The van der Waals surface area contributed by atoms with E-state index in [-0.39, 0.29) is 17.8 Å². The number of Topliss-reactive ketones (excluding diaryl/α,β-unsaturated/α-hetero) is 1. The maximum absolute atomic E-state index is 13.3. The molecule has 0 saturated carbocycles. The van der Waals surface area contributed by atoms with Gasteiger partial charge in [0, 0.05) is 18.2 Å². The van der Waals surface area contributed by atoms with E-state index < -0.39 is 17.7 Å². The molecule has 5 rings (SSSR count). The lowest BCUT2D eigenvalue weighted by atomic mass is 9.93. The summed E-state index contributed by atoms with van der Waals surface area (Å²) in [4.78, 5) is 28.0. The minimum Gasteiger partial charge on any atom is -0.503 e. The maximum Gasteiger partial charge on any atom is 0.294 e. The first-order valence-electron chi connectivity index (χ1n) is 10.9. The van der Waals surface area contributed by atoms with Crippen molar-refractivity contribution in [3.05, 3.63) is 101 Å². The number of hydrogen-bond acceptors (Lipinski definition) is 5. The van der Waals surface area contributed by atoms with E-state index in [1.165, 1.54) is 4.90 Å². The van der Waals surface area contributed by atoms with Gasteiger partial charge in [-0.25, -0.2) is 0 Å². The van der Waals surface area contributed by atoms with Gasteiger partial charge in [0.2, 0.25) is 0 Å². The minimum absolute atomic E-state index is 0.122. The third kappa shape index (κ3) is 3.96. The molecule has 166 valence electrons. The molecule has 0 fully saturated rings. The minimum atomic E-state index is -0.732. The quantitative estimate of drug-likeness (QED) is 0.607. The van der Waals surface area contributed by atoms with E-state index in [2.05, 4.69) is 0 Å². The summed E-state index contributed by atoms with van der Waals surface area (Å²) in [6.07, 6.45) is 0.713. The summed E-state index contributed by atoms with van der Waals surface area (Å²) in [5.74, 6) is -0.232. The number of aliphatic hydroxyl groups excluding tert-OH is 1. The van der Waals surface area contributed by atoms with E-state index in [0.717, 1.165) is 11.1 Å². The van der Waals surface area contributed by atoms with Crippen LogP contribution in [0, 0.1) is 0 Å². The van der Waals surface area contributed by atoms with Gasteiger partial charge in [-0.2, -0.15) is 0 Å². The highest BCUT2D eigenvalue weighted by Crippen LogP contribution is 2.44. The van der Waals surface area contributed by atoms with Gasteiger partial charge in [0.25, 0.3) is 5.91 Å². The van der Waals surface area contributed by atoms with Crippen molar-refractivity contribution < 1.29 is 24.2 Å². The summed E-state index contributed by atoms with van der Waals surface area (Å²) >= 11 is 0. The molecule has 1 N–H and O–H groups in total. The van der Waals surface area contributed by atoms with Gasteiger partial charge in [-0.05, 0) is 29.7 Å². The molecule has 1 atom stereocenters. The highest BCUT2D eigenvalue weighted by molar-refractivity contribution is 6.16. The zero-order chi connectivity index (χ0) is 22.8. The summed E-state index contributed by atoms with van der Waals surface area (Å²) in [6.45, 7) is 0.878. The zero-order valence-electron chi connectivity index (χ0n) is 17.9. The van der Waals surface area contributed by atoms with Gasteiger partial charge >= 0.3 is 0 Å². The topological polar surface area (TPSA) is 76.1 Å². The molecule has 0 radical (unpaired) electrons. The van der Waals surface area contributed by atoms with Crippen LogP contribution in [-0.2, 0) is 16.0 Å². The second-order valence-electron chi connectivity index (χ2n) is 7.99. The van der Waals surface area contributed by atoms with E-state index in [1.807, 2.05) is 60.7 Å². The molecule has 2 aliphatic heterocycles. The van der Waals surface area contributed by atoms with Gasteiger partial charge in [-0.15, -0.1) is 0 Å². The van der Waals surface area contributed by atoms with Crippen LogP contribution in [0.3, 0.4) is 0 Å². The van der Waals surface area contributed by atoms with Gasteiger partial charge in [-0.1, -0.05) is 60.7 Å². The largest absolute Gasteiger partial charge is 0.503 e. The molecule has 2 aliphatic rings. The Bertz CT molecular complexity index is 1220. The smallest absolute Gasteiger partial charge is 0.294 e. The second-order valence-corrected chi connectivity index (χ2v) is 7.99. The van der Waals surface area contributed by atoms with E-state index in [1.54, 1.807) is 18.2 Å². The van der Waals surface area contributed by atoms with Crippen molar-refractivity contribution >= 4 is 17.4 Å². The van der Waals surface area contributed by atoms with Crippen LogP contribution < -0.4 is 14.4 Å². The highest BCUT2D eigenvalue weighted by atomic mass is 16.6. The van der Waals surface area contributed by atoms with E-state index in [0.29, 0.717) is 36.8 Å². The Hall–Kier alpha value is -4.06. The van der Waals surface area contributed by atoms with Crippen molar-refractivity contribution in [3.63, 3.8) is 0 Å². The number of amides is 1. The molecule has 0 aliphatic carbocycles. The number of nitrogens with zero attached hydrogens (tertiary/aromatic N) is 1. The van der Waals surface area contributed by atoms with Crippen molar-refractivity contribution in [2.24, 2.45) is 0 Å². The van der Waals surface area contributed by atoms with Crippen molar-refractivity contribution in [2.45, 2.75) is 18.9 Å². The summed E-state index contributed by atoms with van der Waals surface area (Å²) < 4.78 is 11.3. The number of aliphatic hydroxyl groups is 1. The third-order valence-electron chi connectivity index (χ3n) is 5.91. The van der Waals surface area contributed by atoms with Gasteiger partial charge in [0.15, 0.2) is 23.0 Å². The molecule has 0 aromatic heterocycles. The molecule has 33 heavy (non-hydrogen) atoms. The Morgan fingerprint density at radius 3 is 2.30 bits per heavy atom. The van der Waals surface area contributed by atoms with Gasteiger partial charge < -0.3 is 14.6 Å². The lowest BCUT2D eigenvalue weighted by molar-refractivity contribution is -0.118. The number of carbonyl (C=O) groups is 2. The molecule has 3 aromatic carbocycles. The summed E-state index contributed by atoms with van der Waals surface area (Å²) in [7, 11) is 0. The Labute approximate surface area is 191 Å². The van der Waals surface area contributed by atoms with Gasteiger partial charge in [0.1, 0.15) is 13.2 Å². The molecule has 0 saturated heterocycles. The molecule has 3 aromatic rings. The van der Waals surface area contributed by atoms with E-state index in [4.69, 9.17) is 9.47 Å². The summed E-state index contributed by atoms with van der Waals surface area (Å²) in [5.41, 5.74) is 2.41. The van der Waals surface area contributed by atoms with Crippen LogP contribution in [0.25, 0.3) is 0 Å². The number of fused-ring (bicyclic) bond motifs is 1. The summed E-state index contributed by atoms with van der Waals surface area (Å²) in [5, 5.41) is 10.8. The first-order valence-corrected chi connectivity index (χ1v) is 10.9. The fourth-order valence-corrected chi connectivity index (χ4v) is 4.33. The number of rotatable bonds is 6. The lowest BCUT2D eigenvalue weighted by Crippen LogP contribution is -2.31. The van der Waals surface area contributed by atoms with Gasteiger partial charge in [-0.3, -0.25) is 14.5 Å². The number of hydrogen-bond donors (Lipinski definition) is 1. The standard InChI is InChI=1S/C27H23NO5/c29-21(13-11-18-7-3-1-4-8-18)24-25(19-9-5-2-6-10-19)28(27(31)26(24)30)20-12-14-22-23(17-20)33-16-15-32-22/h1-10,12,14,17,25,30H,11,13,15-16H2. The molecule has 6 heteroatoms. The predicted octanol–water partition coefficient (Wildman–Crippen LogP) is 4.56. The normalized spacial score (nSPS) is 17.4. The average molecular weight is 441 g/mol. The van der Waals surface area contributed by atoms with Crippen LogP contribution in [0.5, 0.6) is 11.5 Å². The first-order chi connectivity index (χ1) is 16.1. The van der Waals surface area contributed by atoms with Crippen LogP contribution >= 0.6 is 0 Å². The van der Waals surface area contributed by atoms with Crippen LogP contribution in [0.4, 0.5) is 5.69 Å². The maximum atomic E-state index is 13.3. The molecular weight excluding hydrogens is 418 g/mol. The molecule has 6 nitrogen and oxygen atoms in total. The molecular formula is C27H23NO5. The Morgan fingerprint density at radius 2 is 1.58 bits per heavy atom. The van der Waals surface area contributed by atoms with Crippen molar-refractivity contribution in [1.29, 1.82) is 0 Å². The highest BCUT2D eigenvalue weighted by Gasteiger charge is 2.44. The number of carbonyl (C=O) groups excluding carboxylic acids is 2. The van der Waals surface area contributed by atoms with Crippen LogP contribution in [0.15, 0.2) is 90.2 Å². The van der Waals surface area contributed by atoms with Crippen LogP contribution in [0.2, 0.25) is 0 Å². The molecule has 1 amide bonds. The van der Waals surface area contributed by atoms with Crippen LogP contribution in [0.1, 0.15) is 23.6 Å². The zero-order valence-corrected chi connectivity index (χ0v) is 17.9. The second kappa shape index (κ2) is 8.82. The SMILES string of the molecule is O=C(CCc1ccccc1)C1=C(O)C(=O)N(c2ccc3c(c2)OCCO3)C1c1ccccc1. The number of benzene rings is 3. The fraction of sp³-hybridized carbons (Fsp3) is 0.185. The van der Waals surface area contributed by atoms with Crippen LogP contribution in [-0.4, -0.2) is 30.0 Å². The number of ketones is 1. The summed E-state index contributed by atoms with van der Waals surface area (Å²) in [6, 6.07) is 23.4. The van der Waals surface area contributed by atoms with E-state index >= 15 is 0 Å². The molecule has 0 spiro atoms. The monoisotopic (exact) mass is 441 g/mol. The first kappa shape index (κ1) is 20.8. The van der Waals surface area contributed by atoms with Gasteiger partial charge in [0.05, 0.1) is 11.6 Å². The lowest BCUT2D eigenvalue weighted by Gasteiger charge is -2.28. The molecule has 1 unspecified atom stereocenters. The van der Waals surface area contributed by atoms with Crippen molar-refractivity contribution in [1.82, 2.24) is 0 Å². The van der Waals surface area contributed by atoms with Crippen molar-refractivity contribution in [2.75, 3.05) is 18.1 Å². The van der Waals surface area contributed by atoms with Crippen molar-refractivity contribution in [3.8, 4) is 11.5 Å². The third-order valence-corrected chi connectivity index (χ3v) is 5.91. The Morgan fingerprint density at radius 1 is 0.909 bits per heavy atom. The molecule has 2 heterocycles. The number of aryl methyl sites for hydroxylation is 1.